The average Bonchev–Trinajstić information content (AvgIpc) is 2.24. The van der Waals surface area contributed by atoms with Gasteiger partial charge in [-0.25, -0.2) is 0 Å². The number of hydrogen-bond acceptors (Lipinski definition) is 2. The van der Waals surface area contributed by atoms with Crippen molar-refractivity contribution in [2.45, 2.75) is 20.8 Å². The van der Waals surface area contributed by atoms with Crippen molar-refractivity contribution < 1.29 is 4.79 Å². The molecule has 16 heavy (non-hydrogen) atoms. The number of rotatable bonds is 4. The SMILES string of the molecule is CCN(C)CC(=O)Nc1cccc(C)c1C. The third kappa shape index (κ3) is 3.35. The molecule has 3 nitrogen and oxygen atoms in total. The summed E-state index contributed by atoms with van der Waals surface area (Å²) in [6.07, 6.45) is 0. The summed E-state index contributed by atoms with van der Waals surface area (Å²) in [6.45, 7) is 7.41. The molecule has 0 fully saturated rings. The second kappa shape index (κ2) is 5.66. The van der Waals surface area contributed by atoms with Gasteiger partial charge in [0.2, 0.25) is 5.91 Å². The lowest BCUT2D eigenvalue weighted by Crippen LogP contribution is -2.30. The van der Waals surface area contributed by atoms with Crippen molar-refractivity contribution >= 4 is 11.6 Å². The van der Waals surface area contributed by atoms with Gasteiger partial charge in [0.05, 0.1) is 6.54 Å². The Labute approximate surface area is 97.5 Å². The minimum Gasteiger partial charge on any atom is -0.325 e. The molecule has 1 aromatic carbocycles. The summed E-state index contributed by atoms with van der Waals surface area (Å²) in [4.78, 5) is 13.7. The molecule has 1 rings (SSSR count). The van der Waals surface area contributed by atoms with E-state index in [0.29, 0.717) is 6.54 Å². The molecule has 0 aliphatic heterocycles. The first-order valence-electron chi connectivity index (χ1n) is 5.59. The lowest BCUT2D eigenvalue weighted by atomic mass is 10.1. The van der Waals surface area contributed by atoms with Crippen molar-refractivity contribution in [1.29, 1.82) is 0 Å². The molecule has 3 heteroatoms. The van der Waals surface area contributed by atoms with Crippen molar-refractivity contribution in [1.82, 2.24) is 4.90 Å². The molecule has 0 saturated heterocycles. The van der Waals surface area contributed by atoms with Gasteiger partial charge in [0.25, 0.3) is 0 Å². The first-order valence-corrected chi connectivity index (χ1v) is 5.59. The summed E-state index contributed by atoms with van der Waals surface area (Å²) in [5.41, 5.74) is 3.24. The summed E-state index contributed by atoms with van der Waals surface area (Å²) >= 11 is 0. The smallest absolute Gasteiger partial charge is 0.238 e. The van der Waals surface area contributed by atoms with E-state index in [2.05, 4.69) is 5.32 Å². The topological polar surface area (TPSA) is 32.3 Å². The second-order valence-corrected chi connectivity index (χ2v) is 4.13. The molecule has 0 unspecified atom stereocenters. The number of nitrogens with one attached hydrogen (secondary N) is 1. The number of nitrogens with zero attached hydrogens (tertiary/aromatic N) is 1. The van der Waals surface area contributed by atoms with E-state index >= 15 is 0 Å². The van der Waals surface area contributed by atoms with Gasteiger partial charge in [-0.15, -0.1) is 0 Å². The van der Waals surface area contributed by atoms with Gasteiger partial charge >= 0.3 is 0 Å². The predicted molar refractivity (Wildman–Crippen MR) is 67.7 cm³/mol. The highest BCUT2D eigenvalue weighted by atomic mass is 16.2. The lowest BCUT2D eigenvalue weighted by Gasteiger charge is -2.15. The van der Waals surface area contributed by atoms with Crippen LogP contribution in [0.2, 0.25) is 0 Å². The Bertz CT molecular complexity index is 374. The van der Waals surface area contributed by atoms with Crippen LogP contribution in [0.25, 0.3) is 0 Å². The summed E-state index contributed by atoms with van der Waals surface area (Å²) in [5.74, 6) is 0.0399. The van der Waals surface area contributed by atoms with Gasteiger partial charge in [0.15, 0.2) is 0 Å². The van der Waals surface area contributed by atoms with Gasteiger partial charge in [-0.3, -0.25) is 9.69 Å². The molecular formula is C13H20N2O. The van der Waals surface area contributed by atoms with E-state index in [1.165, 1.54) is 5.56 Å². The Balaban J connectivity index is 2.66. The van der Waals surface area contributed by atoms with E-state index in [1.807, 2.05) is 50.9 Å². The van der Waals surface area contributed by atoms with Gasteiger partial charge < -0.3 is 5.32 Å². The monoisotopic (exact) mass is 220 g/mol. The van der Waals surface area contributed by atoms with E-state index in [9.17, 15) is 4.79 Å². The van der Waals surface area contributed by atoms with Gasteiger partial charge in [-0.05, 0) is 44.6 Å². The Hall–Kier alpha value is -1.35. The van der Waals surface area contributed by atoms with Crippen molar-refractivity contribution in [2.24, 2.45) is 0 Å². The zero-order chi connectivity index (χ0) is 12.1. The van der Waals surface area contributed by atoms with Crippen molar-refractivity contribution in [3.63, 3.8) is 0 Å². The highest BCUT2D eigenvalue weighted by Crippen LogP contribution is 2.17. The number of aryl methyl sites for hydroxylation is 1. The van der Waals surface area contributed by atoms with E-state index in [4.69, 9.17) is 0 Å². The molecule has 88 valence electrons. The van der Waals surface area contributed by atoms with Gasteiger partial charge in [-0.1, -0.05) is 19.1 Å². The van der Waals surface area contributed by atoms with Crippen LogP contribution in [0.15, 0.2) is 18.2 Å². The fourth-order valence-electron chi connectivity index (χ4n) is 1.43. The minimum absolute atomic E-state index is 0.0399. The molecule has 0 aliphatic rings. The van der Waals surface area contributed by atoms with Gasteiger partial charge in [0.1, 0.15) is 0 Å². The molecular weight excluding hydrogens is 200 g/mol. The number of carbonyl (C=O) groups excluding carboxylic acids is 1. The molecule has 0 spiro atoms. The first kappa shape index (κ1) is 12.7. The highest BCUT2D eigenvalue weighted by molar-refractivity contribution is 5.93. The van der Waals surface area contributed by atoms with Gasteiger partial charge in [0, 0.05) is 5.69 Å². The Kier molecular flexibility index (Phi) is 4.50. The molecule has 0 aromatic heterocycles. The van der Waals surface area contributed by atoms with Crippen molar-refractivity contribution in [3.05, 3.63) is 29.3 Å². The summed E-state index contributed by atoms with van der Waals surface area (Å²) in [7, 11) is 1.93. The molecule has 0 radical (unpaired) electrons. The quantitative estimate of drug-likeness (QED) is 0.843. The number of hydrogen-bond donors (Lipinski definition) is 1. The second-order valence-electron chi connectivity index (χ2n) is 4.13. The van der Waals surface area contributed by atoms with Crippen molar-refractivity contribution in [3.8, 4) is 0 Å². The number of amides is 1. The van der Waals surface area contributed by atoms with E-state index in [0.717, 1.165) is 17.8 Å². The van der Waals surface area contributed by atoms with E-state index in [-0.39, 0.29) is 5.91 Å². The van der Waals surface area contributed by atoms with Crippen LogP contribution in [0.4, 0.5) is 5.69 Å². The standard InChI is InChI=1S/C13H20N2O/c1-5-15(4)9-13(16)14-12-8-6-7-10(2)11(12)3/h6-8H,5,9H2,1-4H3,(H,14,16). The average molecular weight is 220 g/mol. The third-order valence-electron chi connectivity index (χ3n) is 2.83. The molecule has 1 aromatic rings. The number of anilines is 1. The normalized spacial score (nSPS) is 10.6. The van der Waals surface area contributed by atoms with Crippen LogP contribution in [0.1, 0.15) is 18.1 Å². The first-order chi connectivity index (χ1) is 7.54. The Morgan fingerprint density at radius 2 is 2.06 bits per heavy atom. The number of carbonyl (C=O) groups is 1. The Morgan fingerprint density at radius 3 is 2.69 bits per heavy atom. The van der Waals surface area contributed by atoms with Gasteiger partial charge in [-0.2, -0.15) is 0 Å². The zero-order valence-electron chi connectivity index (χ0n) is 10.5. The van der Waals surface area contributed by atoms with Crippen LogP contribution >= 0.6 is 0 Å². The van der Waals surface area contributed by atoms with Crippen LogP contribution in [0, 0.1) is 13.8 Å². The molecule has 0 aliphatic carbocycles. The fraction of sp³-hybridized carbons (Fsp3) is 0.462. The Morgan fingerprint density at radius 1 is 1.38 bits per heavy atom. The zero-order valence-corrected chi connectivity index (χ0v) is 10.5. The summed E-state index contributed by atoms with van der Waals surface area (Å²) in [6, 6.07) is 5.94. The maximum atomic E-state index is 11.7. The largest absolute Gasteiger partial charge is 0.325 e. The van der Waals surface area contributed by atoms with E-state index < -0.39 is 0 Å². The molecule has 1 amide bonds. The highest BCUT2D eigenvalue weighted by Gasteiger charge is 2.07. The number of likely N-dealkylation sites (N-methyl/N-ethyl adjacent to an activating group) is 1. The van der Waals surface area contributed by atoms with Crippen molar-refractivity contribution in [2.75, 3.05) is 25.5 Å². The van der Waals surface area contributed by atoms with E-state index in [1.54, 1.807) is 0 Å². The molecule has 0 atom stereocenters. The lowest BCUT2D eigenvalue weighted by molar-refractivity contribution is -0.117. The third-order valence-corrected chi connectivity index (χ3v) is 2.83. The minimum atomic E-state index is 0.0399. The molecule has 1 N–H and O–H groups in total. The molecule has 0 heterocycles. The maximum Gasteiger partial charge on any atom is 0.238 e. The van der Waals surface area contributed by atoms with Crippen LogP contribution in [-0.4, -0.2) is 30.9 Å². The van der Waals surface area contributed by atoms with Crippen LogP contribution in [0.3, 0.4) is 0 Å². The molecule has 0 bridgehead atoms. The molecule has 0 saturated carbocycles. The maximum absolute atomic E-state index is 11.7. The van der Waals surface area contributed by atoms with Crippen LogP contribution < -0.4 is 5.32 Å². The summed E-state index contributed by atoms with van der Waals surface area (Å²) in [5, 5.41) is 2.94. The predicted octanol–water partition coefficient (Wildman–Crippen LogP) is 2.19. The van der Waals surface area contributed by atoms with Crippen LogP contribution in [0.5, 0.6) is 0 Å². The summed E-state index contributed by atoms with van der Waals surface area (Å²) < 4.78 is 0. The fourth-order valence-corrected chi connectivity index (χ4v) is 1.43. The number of benzene rings is 1. The van der Waals surface area contributed by atoms with Crippen LogP contribution in [-0.2, 0) is 4.79 Å².